The Kier molecular flexibility index (Phi) is 4.38. The molecule has 126 valence electrons. The minimum atomic E-state index is 0.636. The first-order chi connectivity index (χ1) is 12.3. The van der Waals surface area contributed by atoms with Crippen LogP contribution in [-0.2, 0) is 11.3 Å². The van der Waals surface area contributed by atoms with Gasteiger partial charge in [0.05, 0.1) is 23.2 Å². The number of methoxy groups -OCH3 is 1. The van der Waals surface area contributed by atoms with E-state index >= 15 is 0 Å². The first-order valence-corrected chi connectivity index (χ1v) is 8.91. The first kappa shape index (κ1) is 16.1. The topological polar surface area (TPSA) is 52.8 Å². The van der Waals surface area contributed by atoms with E-state index in [4.69, 9.17) is 9.72 Å². The maximum atomic E-state index is 5.27. The van der Waals surface area contributed by atoms with Crippen molar-refractivity contribution >= 4 is 33.7 Å². The largest absolute Gasteiger partial charge is 0.383 e. The molecule has 2 heterocycles. The van der Waals surface area contributed by atoms with Gasteiger partial charge in [-0.05, 0) is 43.0 Å². The van der Waals surface area contributed by atoms with Crippen molar-refractivity contribution in [1.82, 2.24) is 19.5 Å². The molecule has 2 aromatic carbocycles. The van der Waals surface area contributed by atoms with Crippen molar-refractivity contribution in [3.05, 3.63) is 54.4 Å². The number of benzene rings is 2. The van der Waals surface area contributed by atoms with Gasteiger partial charge in [0.1, 0.15) is 11.4 Å². The van der Waals surface area contributed by atoms with Crippen molar-refractivity contribution < 1.29 is 4.74 Å². The van der Waals surface area contributed by atoms with Gasteiger partial charge in [0, 0.05) is 19.0 Å². The van der Waals surface area contributed by atoms with E-state index in [-0.39, 0.29) is 0 Å². The molecule has 0 fully saturated rings. The summed E-state index contributed by atoms with van der Waals surface area (Å²) in [7, 11) is 1.71. The molecular formula is C19H18N4OS. The smallest absolute Gasteiger partial charge is 0.175 e. The molecule has 0 atom stereocenters. The average Bonchev–Trinajstić information content (AvgIpc) is 2.97. The molecule has 0 aliphatic rings. The predicted octanol–water partition coefficient (Wildman–Crippen LogP) is 4.09. The van der Waals surface area contributed by atoms with Gasteiger partial charge in [-0.25, -0.2) is 15.0 Å². The van der Waals surface area contributed by atoms with Crippen molar-refractivity contribution in [1.29, 1.82) is 0 Å². The van der Waals surface area contributed by atoms with Crippen molar-refractivity contribution in [2.24, 2.45) is 0 Å². The SMILES string of the molecule is COCCn1c(Sc2ncnc3ccc(C)cc23)nc2ccccc21. The Morgan fingerprint density at radius 2 is 1.96 bits per heavy atom. The first-order valence-electron chi connectivity index (χ1n) is 8.09. The van der Waals surface area contributed by atoms with E-state index in [1.54, 1.807) is 25.2 Å². The molecule has 0 aliphatic heterocycles. The van der Waals surface area contributed by atoms with Gasteiger partial charge in [0.2, 0.25) is 0 Å². The zero-order chi connectivity index (χ0) is 17.2. The Balaban J connectivity index is 1.82. The van der Waals surface area contributed by atoms with Gasteiger partial charge in [-0.3, -0.25) is 0 Å². The Morgan fingerprint density at radius 3 is 2.84 bits per heavy atom. The van der Waals surface area contributed by atoms with Crippen LogP contribution < -0.4 is 0 Å². The molecule has 6 heteroatoms. The number of ether oxygens (including phenoxy) is 1. The summed E-state index contributed by atoms with van der Waals surface area (Å²) >= 11 is 1.57. The fourth-order valence-electron chi connectivity index (χ4n) is 2.84. The molecule has 4 rings (SSSR count). The molecule has 0 amide bonds. The van der Waals surface area contributed by atoms with Crippen LogP contribution in [0.5, 0.6) is 0 Å². The zero-order valence-corrected chi connectivity index (χ0v) is 15.0. The number of hydrogen-bond donors (Lipinski definition) is 0. The summed E-state index contributed by atoms with van der Waals surface area (Å²) in [5.41, 5.74) is 4.23. The van der Waals surface area contributed by atoms with E-state index in [0.29, 0.717) is 6.61 Å². The molecule has 0 spiro atoms. The monoisotopic (exact) mass is 350 g/mol. The molecule has 0 saturated carbocycles. The molecule has 2 aromatic heterocycles. The van der Waals surface area contributed by atoms with Gasteiger partial charge >= 0.3 is 0 Å². The number of hydrogen-bond acceptors (Lipinski definition) is 5. The Morgan fingerprint density at radius 1 is 1.08 bits per heavy atom. The Labute approximate surface area is 150 Å². The third-order valence-corrected chi connectivity index (χ3v) is 5.09. The van der Waals surface area contributed by atoms with Crippen molar-refractivity contribution in [3.63, 3.8) is 0 Å². The summed E-state index contributed by atoms with van der Waals surface area (Å²) in [4.78, 5) is 13.7. The lowest BCUT2D eigenvalue weighted by Crippen LogP contribution is -2.05. The van der Waals surface area contributed by atoms with E-state index in [1.807, 2.05) is 24.3 Å². The third-order valence-electron chi connectivity index (χ3n) is 4.08. The Bertz CT molecular complexity index is 1040. The third kappa shape index (κ3) is 3.10. The minimum Gasteiger partial charge on any atom is -0.383 e. The number of aryl methyl sites for hydroxylation is 1. The van der Waals surface area contributed by atoms with Crippen LogP contribution in [0.4, 0.5) is 0 Å². The van der Waals surface area contributed by atoms with Crippen LogP contribution in [0.25, 0.3) is 21.9 Å². The number of fused-ring (bicyclic) bond motifs is 2. The van der Waals surface area contributed by atoms with Gasteiger partial charge in [0.25, 0.3) is 0 Å². The highest BCUT2D eigenvalue weighted by molar-refractivity contribution is 7.99. The standard InChI is InChI=1S/C19H18N4OS/c1-13-7-8-15-14(11-13)18(21-12-20-15)25-19-22-16-5-3-4-6-17(16)23(19)9-10-24-2/h3-8,11-12H,9-10H2,1-2H3. The average molecular weight is 350 g/mol. The van der Waals surface area contributed by atoms with Crippen LogP contribution in [0.1, 0.15) is 5.56 Å². The lowest BCUT2D eigenvalue weighted by Gasteiger charge is -2.09. The van der Waals surface area contributed by atoms with E-state index < -0.39 is 0 Å². The highest BCUT2D eigenvalue weighted by Gasteiger charge is 2.14. The highest BCUT2D eigenvalue weighted by atomic mass is 32.2. The van der Waals surface area contributed by atoms with Gasteiger partial charge in [-0.1, -0.05) is 23.8 Å². The van der Waals surface area contributed by atoms with Crippen LogP contribution in [0.2, 0.25) is 0 Å². The van der Waals surface area contributed by atoms with Gasteiger partial charge in [-0.15, -0.1) is 0 Å². The summed E-state index contributed by atoms with van der Waals surface area (Å²) in [6, 6.07) is 14.4. The van der Waals surface area contributed by atoms with Crippen molar-refractivity contribution in [2.45, 2.75) is 23.7 Å². The van der Waals surface area contributed by atoms with Gasteiger partial charge < -0.3 is 9.30 Å². The molecule has 0 N–H and O–H groups in total. The van der Waals surface area contributed by atoms with E-state index in [0.717, 1.165) is 38.7 Å². The van der Waals surface area contributed by atoms with E-state index in [1.165, 1.54) is 5.56 Å². The number of aromatic nitrogens is 4. The van der Waals surface area contributed by atoms with Crippen molar-refractivity contribution in [3.8, 4) is 0 Å². The van der Waals surface area contributed by atoms with E-state index in [2.05, 4.69) is 39.7 Å². The lowest BCUT2D eigenvalue weighted by molar-refractivity contribution is 0.186. The quantitative estimate of drug-likeness (QED) is 0.508. The van der Waals surface area contributed by atoms with Crippen LogP contribution in [0.15, 0.2) is 59.0 Å². The van der Waals surface area contributed by atoms with E-state index in [9.17, 15) is 0 Å². The second-order valence-electron chi connectivity index (χ2n) is 5.83. The maximum absolute atomic E-state index is 5.27. The molecule has 0 bridgehead atoms. The molecule has 0 aliphatic carbocycles. The second kappa shape index (κ2) is 6.82. The van der Waals surface area contributed by atoms with Crippen LogP contribution in [0, 0.1) is 6.92 Å². The Hall–Kier alpha value is -2.44. The summed E-state index contributed by atoms with van der Waals surface area (Å²) in [6.45, 7) is 3.47. The van der Waals surface area contributed by atoms with Crippen LogP contribution in [-0.4, -0.2) is 33.2 Å². The molecule has 4 aromatic rings. The summed E-state index contributed by atoms with van der Waals surface area (Å²) in [6.07, 6.45) is 1.61. The normalized spacial score (nSPS) is 11.4. The minimum absolute atomic E-state index is 0.636. The fraction of sp³-hybridized carbons (Fsp3) is 0.211. The molecular weight excluding hydrogens is 332 g/mol. The molecule has 25 heavy (non-hydrogen) atoms. The molecule has 5 nitrogen and oxygen atoms in total. The molecule has 0 saturated heterocycles. The molecule has 0 radical (unpaired) electrons. The van der Waals surface area contributed by atoms with Crippen LogP contribution in [0.3, 0.4) is 0 Å². The summed E-state index contributed by atoms with van der Waals surface area (Å²) in [5, 5.41) is 2.89. The number of rotatable bonds is 5. The number of para-hydroxylation sites is 2. The summed E-state index contributed by atoms with van der Waals surface area (Å²) in [5.74, 6) is 0. The number of nitrogens with zero attached hydrogens (tertiary/aromatic N) is 4. The van der Waals surface area contributed by atoms with Gasteiger partial charge in [-0.2, -0.15) is 0 Å². The molecule has 0 unspecified atom stereocenters. The maximum Gasteiger partial charge on any atom is 0.175 e. The second-order valence-corrected chi connectivity index (χ2v) is 6.78. The van der Waals surface area contributed by atoms with Gasteiger partial charge in [0.15, 0.2) is 5.16 Å². The predicted molar refractivity (Wildman–Crippen MR) is 100 cm³/mol. The fourth-order valence-corrected chi connectivity index (χ4v) is 3.83. The zero-order valence-electron chi connectivity index (χ0n) is 14.1. The highest BCUT2D eigenvalue weighted by Crippen LogP contribution is 2.33. The van der Waals surface area contributed by atoms with Crippen LogP contribution >= 0.6 is 11.8 Å². The lowest BCUT2D eigenvalue weighted by atomic mass is 10.2. The number of imidazole rings is 1. The van der Waals surface area contributed by atoms with Crippen molar-refractivity contribution in [2.75, 3.05) is 13.7 Å². The summed E-state index contributed by atoms with van der Waals surface area (Å²) < 4.78 is 7.46.